The summed E-state index contributed by atoms with van der Waals surface area (Å²) in [7, 11) is 0. The lowest BCUT2D eigenvalue weighted by molar-refractivity contribution is 0.245. The Labute approximate surface area is 74.9 Å². The predicted octanol–water partition coefficient (Wildman–Crippen LogP) is 2.47. The topological polar surface area (TPSA) is 3.24 Å². The van der Waals surface area contributed by atoms with Crippen LogP contribution in [0.15, 0.2) is 0 Å². The molecule has 72 valence electrons. The first kappa shape index (κ1) is 9.97. The van der Waals surface area contributed by atoms with Crippen LogP contribution in [0.4, 0.5) is 4.39 Å². The SMILES string of the molecule is CC(C)(C)CCN1CC[C@@H](F)C1. The average molecular weight is 173 g/mol. The maximum Gasteiger partial charge on any atom is 0.114 e. The Bertz CT molecular complexity index is 139. The van der Waals surface area contributed by atoms with Gasteiger partial charge in [0.2, 0.25) is 0 Å². The van der Waals surface area contributed by atoms with E-state index in [0.29, 0.717) is 12.0 Å². The number of hydrogen-bond donors (Lipinski definition) is 0. The highest BCUT2D eigenvalue weighted by atomic mass is 19.1. The zero-order chi connectivity index (χ0) is 9.19. The first-order valence-electron chi connectivity index (χ1n) is 4.84. The van der Waals surface area contributed by atoms with Crippen LogP contribution in [-0.2, 0) is 0 Å². The maximum absolute atomic E-state index is 12.8. The summed E-state index contributed by atoms with van der Waals surface area (Å²) in [5.74, 6) is 0. The number of rotatable bonds is 2. The molecule has 1 aliphatic rings. The Morgan fingerprint density at radius 3 is 2.50 bits per heavy atom. The first-order chi connectivity index (χ1) is 5.47. The maximum atomic E-state index is 12.8. The highest BCUT2D eigenvalue weighted by molar-refractivity contribution is 4.76. The van der Waals surface area contributed by atoms with E-state index >= 15 is 0 Å². The molecule has 0 unspecified atom stereocenters. The lowest BCUT2D eigenvalue weighted by Crippen LogP contribution is -2.25. The van der Waals surface area contributed by atoms with Crippen LogP contribution in [0.3, 0.4) is 0 Å². The first-order valence-corrected chi connectivity index (χ1v) is 4.84. The summed E-state index contributed by atoms with van der Waals surface area (Å²) in [4.78, 5) is 2.23. The molecule has 1 saturated heterocycles. The zero-order valence-corrected chi connectivity index (χ0v) is 8.44. The molecule has 0 amide bonds. The number of alkyl halides is 1. The van der Waals surface area contributed by atoms with E-state index in [9.17, 15) is 4.39 Å². The normalized spacial score (nSPS) is 26.5. The van der Waals surface area contributed by atoms with E-state index in [-0.39, 0.29) is 0 Å². The van der Waals surface area contributed by atoms with Gasteiger partial charge in [0.05, 0.1) is 0 Å². The molecule has 1 nitrogen and oxygen atoms in total. The van der Waals surface area contributed by atoms with E-state index in [1.54, 1.807) is 0 Å². The van der Waals surface area contributed by atoms with E-state index in [0.717, 1.165) is 19.5 Å². The van der Waals surface area contributed by atoms with Gasteiger partial charge in [-0.2, -0.15) is 0 Å². The number of hydrogen-bond acceptors (Lipinski definition) is 1. The minimum absolute atomic E-state index is 0.383. The van der Waals surface area contributed by atoms with Crippen molar-refractivity contribution in [2.45, 2.75) is 39.8 Å². The molecule has 12 heavy (non-hydrogen) atoms. The third-order valence-corrected chi connectivity index (χ3v) is 2.39. The summed E-state index contributed by atoms with van der Waals surface area (Å²) in [6, 6.07) is 0. The minimum atomic E-state index is -0.565. The molecule has 0 radical (unpaired) electrons. The second kappa shape index (κ2) is 3.73. The largest absolute Gasteiger partial charge is 0.300 e. The summed E-state index contributed by atoms with van der Waals surface area (Å²) < 4.78 is 12.8. The van der Waals surface area contributed by atoms with E-state index in [1.807, 2.05) is 0 Å². The van der Waals surface area contributed by atoms with Crippen molar-refractivity contribution < 1.29 is 4.39 Å². The van der Waals surface area contributed by atoms with Crippen molar-refractivity contribution in [1.29, 1.82) is 0 Å². The summed E-state index contributed by atoms with van der Waals surface area (Å²) in [5.41, 5.74) is 0.383. The monoisotopic (exact) mass is 173 g/mol. The van der Waals surface area contributed by atoms with E-state index in [4.69, 9.17) is 0 Å². The van der Waals surface area contributed by atoms with Crippen LogP contribution < -0.4 is 0 Å². The van der Waals surface area contributed by atoms with Gasteiger partial charge in [0.15, 0.2) is 0 Å². The molecule has 0 saturated carbocycles. The summed E-state index contributed by atoms with van der Waals surface area (Å²) in [6.07, 6.45) is 1.34. The molecule has 1 fully saturated rings. The van der Waals surface area contributed by atoms with Gasteiger partial charge >= 0.3 is 0 Å². The van der Waals surface area contributed by atoms with Gasteiger partial charge in [0.1, 0.15) is 6.17 Å². The summed E-state index contributed by atoms with van der Waals surface area (Å²) in [5, 5.41) is 0. The van der Waals surface area contributed by atoms with Crippen LogP contribution in [0.2, 0.25) is 0 Å². The third kappa shape index (κ3) is 3.53. The Morgan fingerprint density at radius 2 is 2.08 bits per heavy atom. The molecule has 0 bridgehead atoms. The van der Waals surface area contributed by atoms with Crippen molar-refractivity contribution >= 4 is 0 Å². The quantitative estimate of drug-likeness (QED) is 0.620. The number of likely N-dealkylation sites (tertiary alicyclic amines) is 1. The Hall–Kier alpha value is -0.110. The minimum Gasteiger partial charge on any atom is -0.300 e. The molecule has 2 heteroatoms. The van der Waals surface area contributed by atoms with Crippen LogP contribution in [0.5, 0.6) is 0 Å². The fourth-order valence-corrected chi connectivity index (χ4v) is 1.48. The zero-order valence-electron chi connectivity index (χ0n) is 8.44. The molecule has 0 aliphatic carbocycles. The van der Waals surface area contributed by atoms with Crippen LogP contribution in [0.1, 0.15) is 33.6 Å². The van der Waals surface area contributed by atoms with Crippen molar-refractivity contribution in [3.05, 3.63) is 0 Å². The summed E-state index contributed by atoms with van der Waals surface area (Å²) in [6.45, 7) is 9.37. The fourth-order valence-electron chi connectivity index (χ4n) is 1.48. The van der Waals surface area contributed by atoms with Gasteiger partial charge in [-0.3, -0.25) is 0 Å². The van der Waals surface area contributed by atoms with Gasteiger partial charge in [0.25, 0.3) is 0 Å². The Balaban J connectivity index is 2.16. The standard InChI is InChI=1S/C10H20FN/c1-10(2,3)5-7-12-6-4-9(11)8-12/h9H,4-8H2,1-3H3/t9-/m1/s1. The second-order valence-electron chi connectivity index (χ2n) is 5.00. The molecule has 1 atom stereocenters. The van der Waals surface area contributed by atoms with Crippen LogP contribution >= 0.6 is 0 Å². The van der Waals surface area contributed by atoms with E-state index in [1.165, 1.54) is 6.42 Å². The highest BCUT2D eigenvalue weighted by Crippen LogP contribution is 2.21. The van der Waals surface area contributed by atoms with E-state index < -0.39 is 6.17 Å². The van der Waals surface area contributed by atoms with Crippen molar-refractivity contribution in [3.63, 3.8) is 0 Å². The number of halogens is 1. The second-order valence-corrected chi connectivity index (χ2v) is 5.00. The van der Waals surface area contributed by atoms with E-state index in [2.05, 4.69) is 25.7 Å². The molecule has 1 aliphatic heterocycles. The highest BCUT2D eigenvalue weighted by Gasteiger charge is 2.22. The van der Waals surface area contributed by atoms with Gasteiger partial charge in [-0.25, -0.2) is 4.39 Å². The lowest BCUT2D eigenvalue weighted by Gasteiger charge is -2.22. The van der Waals surface area contributed by atoms with Gasteiger partial charge in [-0.1, -0.05) is 20.8 Å². The van der Waals surface area contributed by atoms with Gasteiger partial charge < -0.3 is 4.90 Å². The van der Waals surface area contributed by atoms with Gasteiger partial charge in [0, 0.05) is 13.1 Å². The van der Waals surface area contributed by atoms with Crippen molar-refractivity contribution in [2.75, 3.05) is 19.6 Å². The van der Waals surface area contributed by atoms with Crippen molar-refractivity contribution in [2.24, 2.45) is 5.41 Å². The van der Waals surface area contributed by atoms with Crippen LogP contribution in [0, 0.1) is 5.41 Å². The average Bonchev–Trinajstić information content (AvgIpc) is 2.30. The van der Waals surface area contributed by atoms with Gasteiger partial charge in [-0.05, 0) is 24.8 Å². The molecular formula is C10H20FN. The molecule has 0 N–H and O–H groups in total. The molecule has 0 aromatic rings. The molecule has 1 rings (SSSR count). The fraction of sp³-hybridized carbons (Fsp3) is 1.00. The smallest absolute Gasteiger partial charge is 0.114 e. The molecule has 1 heterocycles. The summed E-state index contributed by atoms with van der Waals surface area (Å²) >= 11 is 0. The Morgan fingerprint density at radius 1 is 1.42 bits per heavy atom. The van der Waals surface area contributed by atoms with Crippen LogP contribution in [0.25, 0.3) is 0 Å². The molecular weight excluding hydrogens is 153 g/mol. The van der Waals surface area contributed by atoms with Gasteiger partial charge in [-0.15, -0.1) is 0 Å². The van der Waals surface area contributed by atoms with Crippen molar-refractivity contribution in [3.8, 4) is 0 Å². The predicted molar refractivity (Wildman–Crippen MR) is 50.0 cm³/mol. The lowest BCUT2D eigenvalue weighted by atomic mass is 9.92. The molecule has 0 aromatic carbocycles. The van der Waals surface area contributed by atoms with Crippen molar-refractivity contribution in [1.82, 2.24) is 4.90 Å². The Kier molecular flexibility index (Phi) is 3.10. The molecule has 0 spiro atoms. The number of nitrogens with zero attached hydrogens (tertiary/aromatic N) is 1. The molecule has 0 aromatic heterocycles. The third-order valence-electron chi connectivity index (χ3n) is 2.39. The van der Waals surface area contributed by atoms with Crippen LogP contribution in [-0.4, -0.2) is 30.7 Å².